The van der Waals surface area contributed by atoms with Crippen LogP contribution in [0.3, 0.4) is 0 Å². The molecule has 0 fully saturated rings. The summed E-state index contributed by atoms with van der Waals surface area (Å²) in [5, 5.41) is 10.1. The quantitative estimate of drug-likeness (QED) is 0.876. The number of halogens is 1. The van der Waals surface area contributed by atoms with Crippen LogP contribution in [0.2, 0.25) is 0 Å². The summed E-state index contributed by atoms with van der Waals surface area (Å²) in [6.07, 6.45) is 0.241. The molecule has 0 atom stereocenters. The second kappa shape index (κ2) is 5.20. The number of hydrogen-bond acceptors (Lipinski definition) is 4. The van der Waals surface area contributed by atoms with Crippen molar-refractivity contribution in [1.29, 1.82) is 0 Å². The summed E-state index contributed by atoms with van der Waals surface area (Å²) in [5.74, 6) is -0.957. The molecule has 0 bridgehead atoms. The molecule has 0 unspecified atom stereocenters. The normalized spacial score (nSPS) is 10.6. The molecule has 2 rings (SSSR count). The summed E-state index contributed by atoms with van der Waals surface area (Å²) in [4.78, 5) is 25.6. The SMILES string of the molecule is CCc1c(O)n(-c2ccc(F)cc2OC)c(=O)[nH]c1=O. The van der Waals surface area contributed by atoms with Gasteiger partial charge >= 0.3 is 5.69 Å². The van der Waals surface area contributed by atoms with Gasteiger partial charge in [0.15, 0.2) is 0 Å². The number of aromatic hydroxyl groups is 1. The molecule has 20 heavy (non-hydrogen) atoms. The Balaban J connectivity index is 2.83. The molecular weight excluding hydrogens is 267 g/mol. The van der Waals surface area contributed by atoms with Crippen LogP contribution in [-0.2, 0) is 6.42 Å². The summed E-state index contributed by atoms with van der Waals surface area (Å²) in [7, 11) is 1.31. The first-order valence-corrected chi connectivity index (χ1v) is 5.90. The molecule has 0 aliphatic heterocycles. The average molecular weight is 280 g/mol. The highest BCUT2D eigenvalue weighted by atomic mass is 19.1. The van der Waals surface area contributed by atoms with E-state index in [1.54, 1.807) is 6.92 Å². The maximum atomic E-state index is 13.2. The van der Waals surface area contributed by atoms with E-state index >= 15 is 0 Å². The first-order valence-electron chi connectivity index (χ1n) is 5.90. The molecular formula is C13H13FN2O4. The molecule has 0 aliphatic carbocycles. The van der Waals surface area contributed by atoms with Gasteiger partial charge in [0.05, 0.1) is 18.4 Å². The molecule has 0 radical (unpaired) electrons. The lowest BCUT2D eigenvalue weighted by Crippen LogP contribution is -2.31. The van der Waals surface area contributed by atoms with E-state index in [0.29, 0.717) is 0 Å². The van der Waals surface area contributed by atoms with Crippen LogP contribution in [0.15, 0.2) is 27.8 Å². The number of benzene rings is 1. The molecule has 2 N–H and O–H groups in total. The van der Waals surface area contributed by atoms with Gasteiger partial charge in [-0.25, -0.2) is 13.8 Å². The van der Waals surface area contributed by atoms with Crippen molar-refractivity contribution < 1.29 is 14.2 Å². The number of H-pyrrole nitrogens is 1. The summed E-state index contributed by atoms with van der Waals surface area (Å²) in [6, 6.07) is 3.49. The number of aromatic amines is 1. The van der Waals surface area contributed by atoms with Crippen molar-refractivity contribution in [1.82, 2.24) is 9.55 Å². The maximum Gasteiger partial charge on any atom is 0.335 e. The van der Waals surface area contributed by atoms with E-state index in [-0.39, 0.29) is 23.4 Å². The third-order valence-electron chi connectivity index (χ3n) is 2.92. The third-order valence-corrected chi connectivity index (χ3v) is 2.92. The van der Waals surface area contributed by atoms with Gasteiger partial charge in [0.1, 0.15) is 11.6 Å². The molecule has 2 aromatic rings. The fourth-order valence-electron chi connectivity index (χ4n) is 1.94. The lowest BCUT2D eigenvalue weighted by molar-refractivity contribution is 0.396. The highest BCUT2D eigenvalue weighted by molar-refractivity contribution is 5.49. The molecule has 6 nitrogen and oxygen atoms in total. The van der Waals surface area contributed by atoms with Crippen LogP contribution in [0.25, 0.3) is 5.69 Å². The van der Waals surface area contributed by atoms with Crippen LogP contribution in [0.4, 0.5) is 4.39 Å². The number of nitrogens with zero attached hydrogens (tertiary/aromatic N) is 1. The summed E-state index contributed by atoms with van der Waals surface area (Å²) < 4.78 is 19.0. The van der Waals surface area contributed by atoms with E-state index in [2.05, 4.69) is 4.98 Å². The first kappa shape index (κ1) is 13.9. The van der Waals surface area contributed by atoms with Crippen LogP contribution in [-0.4, -0.2) is 21.8 Å². The van der Waals surface area contributed by atoms with Crippen molar-refractivity contribution in [2.75, 3.05) is 7.11 Å². The fraction of sp³-hybridized carbons (Fsp3) is 0.231. The predicted octanol–water partition coefficient (Wildman–Crippen LogP) is 0.942. The summed E-state index contributed by atoms with van der Waals surface area (Å²) in [5.41, 5.74) is -1.26. The van der Waals surface area contributed by atoms with Crippen molar-refractivity contribution in [3.05, 3.63) is 50.4 Å². The van der Waals surface area contributed by atoms with Gasteiger partial charge in [0, 0.05) is 6.07 Å². The monoisotopic (exact) mass is 280 g/mol. The molecule has 0 saturated carbocycles. The number of aromatic nitrogens is 2. The van der Waals surface area contributed by atoms with E-state index in [9.17, 15) is 19.1 Å². The van der Waals surface area contributed by atoms with E-state index in [4.69, 9.17) is 4.74 Å². The smallest absolute Gasteiger partial charge is 0.335 e. The summed E-state index contributed by atoms with van der Waals surface area (Å²) in [6.45, 7) is 1.67. The minimum Gasteiger partial charge on any atom is -0.494 e. The van der Waals surface area contributed by atoms with Crippen molar-refractivity contribution in [2.45, 2.75) is 13.3 Å². The highest BCUT2D eigenvalue weighted by Crippen LogP contribution is 2.26. The second-order valence-electron chi connectivity index (χ2n) is 4.07. The van der Waals surface area contributed by atoms with Gasteiger partial charge in [-0.05, 0) is 18.6 Å². The Kier molecular flexibility index (Phi) is 3.60. The Hall–Kier alpha value is -2.57. The van der Waals surface area contributed by atoms with Gasteiger partial charge in [-0.15, -0.1) is 0 Å². The molecule has 0 aliphatic rings. The fourth-order valence-corrected chi connectivity index (χ4v) is 1.94. The first-order chi connectivity index (χ1) is 9.49. The van der Waals surface area contributed by atoms with Gasteiger partial charge < -0.3 is 9.84 Å². The van der Waals surface area contributed by atoms with Crippen LogP contribution < -0.4 is 16.0 Å². The van der Waals surface area contributed by atoms with Crippen molar-refractivity contribution in [3.8, 4) is 17.3 Å². The molecule has 0 spiro atoms. The van der Waals surface area contributed by atoms with Crippen LogP contribution in [0.5, 0.6) is 11.6 Å². The Morgan fingerprint density at radius 1 is 1.40 bits per heavy atom. The largest absolute Gasteiger partial charge is 0.494 e. The molecule has 7 heteroatoms. The zero-order chi connectivity index (χ0) is 14.9. The zero-order valence-corrected chi connectivity index (χ0v) is 10.9. The van der Waals surface area contributed by atoms with Gasteiger partial charge in [-0.1, -0.05) is 6.92 Å². The van der Waals surface area contributed by atoms with Crippen LogP contribution in [0.1, 0.15) is 12.5 Å². The highest BCUT2D eigenvalue weighted by Gasteiger charge is 2.17. The summed E-state index contributed by atoms with van der Waals surface area (Å²) >= 11 is 0. The Morgan fingerprint density at radius 3 is 2.70 bits per heavy atom. The van der Waals surface area contributed by atoms with Crippen molar-refractivity contribution >= 4 is 0 Å². The van der Waals surface area contributed by atoms with Crippen LogP contribution >= 0.6 is 0 Å². The minimum absolute atomic E-state index is 0.0657. The Morgan fingerprint density at radius 2 is 2.10 bits per heavy atom. The molecule has 1 heterocycles. The number of hydrogen-bond donors (Lipinski definition) is 2. The van der Waals surface area contributed by atoms with E-state index < -0.39 is 22.9 Å². The number of ether oxygens (including phenoxy) is 1. The van der Waals surface area contributed by atoms with Crippen molar-refractivity contribution in [3.63, 3.8) is 0 Å². The van der Waals surface area contributed by atoms with E-state index in [1.807, 2.05) is 0 Å². The van der Waals surface area contributed by atoms with Crippen LogP contribution in [0, 0.1) is 5.82 Å². The molecule has 0 saturated heterocycles. The minimum atomic E-state index is -0.824. The lowest BCUT2D eigenvalue weighted by Gasteiger charge is -2.13. The Bertz CT molecular complexity index is 764. The lowest BCUT2D eigenvalue weighted by atomic mass is 10.2. The number of methoxy groups -OCH3 is 1. The van der Waals surface area contributed by atoms with Gasteiger partial charge in [0.25, 0.3) is 5.56 Å². The molecule has 1 aromatic heterocycles. The third kappa shape index (κ3) is 2.18. The van der Waals surface area contributed by atoms with Gasteiger partial charge in [0.2, 0.25) is 5.88 Å². The Labute approximate surface area is 113 Å². The molecule has 0 amide bonds. The zero-order valence-electron chi connectivity index (χ0n) is 10.9. The van der Waals surface area contributed by atoms with Gasteiger partial charge in [-0.2, -0.15) is 0 Å². The standard InChI is InChI=1S/C13H13FN2O4/c1-3-8-11(17)15-13(19)16(12(8)18)9-5-4-7(14)6-10(9)20-2/h4-6,18H,3H2,1-2H3,(H,15,17,19). The molecule has 1 aromatic carbocycles. The number of nitrogens with one attached hydrogen (secondary N) is 1. The predicted molar refractivity (Wildman–Crippen MR) is 70.2 cm³/mol. The number of rotatable bonds is 3. The maximum absolute atomic E-state index is 13.2. The van der Waals surface area contributed by atoms with Gasteiger partial charge in [-0.3, -0.25) is 9.78 Å². The van der Waals surface area contributed by atoms with E-state index in [0.717, 1.165) is 16.7 Å². The molecule has 106 valence electrons. The second-order valence-corrected chi connectivity index (χ2v) is 4.07. The van der Waals surface area contributed by atoms with Crippen molar-refractivity contribution in [2.24, 2.45) is 0 Å². The average Bonchev–Trinajstić information content (AvgIpc) is 2.40. The topological polar surface area (TPSA) is 84.3 Å². The van der Waals surface area contributed by atoms with E-state index in [1.165, 1.54) is 13.2 Å².